The van der Waals surface area contributed by atoms with Gasteiger partial charge in [-0.2, -0.15) is 0 Å². The average Bonchev–Trinajstić information content (AvgIpc) is 2.88. The van der Waals surface area contributed by atoms with Crippen molar-refractivity contribution in [3.05, 3.63) is 42.3 Å². The zero-order chi connectivity index (χ0) is 13.5. The number of carbonyl (C=O) groups is 1. The minimum Gasteiger partial charge on any atom is -0.444 e. The van der Waals surface area contributed by atoms with Gasteiger partial charge in [0.1, 0.15) is 6.26 Å². The van der Waals surface area contributed by atoms with Crippen molar-refractivity contribution < 1.29 is 14.3 Å². The molecule has 5 heteroatoms. The average molecular weight is 260 g/mol. The third-order valence-electron chi connectivity index (χ3n) is 2.57. The number of rotatable bonds is 6. The van der Waals surface area contributed by atoms with Gasteiger partial charge < -0.3 is 14.8 Å². The summed E-state index contributed by atoms with van der Waals surface area (Å²) < 4.78 is 5.35. The van der Waals surface area contributed by atoms with E-state index in [0.717, 1.165) is 5.56 Å². The van der Waals surface area contributed by atoms with Gasteiger partial charge in [0.2, 0.25) is 11.8 Å². The molecule has 1 amide bonds. The lowest BCUT2D eigenvalue weighted by Crippen LogP contribution is -2.26. The van der Waals surface area contributed by atoms with E-state index in [9.17, 15) is 4.79 Å². The van der Waals surface area contributed by atoms with E-state index in [4.69, 9.17) is 9.52 Å². The van der Waals surface area contributed by atoms with E-state index in [2.05, 4.69) is 10.3 Å². The van der Waals surface area contributed by atoms with Gasteiger partial charge in [0.15, 0.2) is 0 Å². The van der Waals surface area contributed by atoms with Crippen molar-refractivity contribution in [2.75, 3.05) is 13.2 Å². The van der Waals surface area contributed by atoms with Crippen LogP contribution in [0.4, 0.5) is 0 Å². The number of aliphatic hydroxyl groups excluding tert-OH is 1. The fourth-order valence-electron chi connectivity index (χ4n) is 1.64. The normalized spacial score (nSPS) is 10.4. The maximum atomic E-state index is 11.6. The Bertz CT molecular complexity index is 522. The highest BCUT2D eigenvalue weighted by Gasteiger charge is 2.09. The quantitative estimate of drug-likeness (QED) is 0.769. The number of oxazole rings is 1. The summed E-state index contributed by atoms with van der Waals surface area (Å²) in [5.41, 5.74) is 1.48. The summed E-state index contributed by atoms with van der Waals surface area (Å²) in [6.45, 7) is 0.543. The molecule has 0 unspecified atom stereocenters. The van der Waals surface area contributed by atoms with Crippen LogP contribution in [0.1, 0.15) is 12.1 Å². The number of carbonyl (C=O) groups excluding carboxylic acids is 1. The highest BCUT2D eigenvalue weighted by Crippen LogP contribution is 2.17. The molecule has 0 radical (unpaired) electrons. The van der Waals surface area contributed by atoms with Gasteiger partial charge in [-0.05, 0) is 18.6 Å². The molecule has 2 rings (SSSR count). The summed E-state index contributed by atoms with van der Waals surface area (Å²) in [6, 6.07) is 9.53. The monoisotopic (exact) mass is 260 g/mol. The predicted molar refractivity (Wildman–Crippen MR) is 70.4 cm³/mol. The van der Waals surface area contributed by atoms with Crippen LogP contribution in [0.15, 0.2) is 41.0 Å². The standard InChI is InChI=1S/C14H16N2O3/c17-8-4-7-15-13(18)9-12-10-19-14(16-12)11-5-2-1-3-6-11/h1-3,5-6,10,17H,4,7-9H2,(H,15,18). The summed E-state index contributed by atoms with van der Waals surface area (Å²) in [4.78, 5) is 15.8. The van der Waals surface area contributed by atoms with Crippen molar-refractivity contribution in [1.82, 2.24) is 10.3 Å². The molecular formula is C14H16N2O3. The molecule has 5 nitrogen and oxygen atoms in total. The largest absolute Gasteiger partial charge is 0.444 e. The van der Waals surface area contributed by atoms with Crippen LogP contribution in [0.2, 0.25) is 0 Å². The molecular weight excluding hydrogens is 244 g/mol. The zero-order valence-electron chi connectivity index (χ0n) is 10.5. The number of nitrogens with zero attached hydrogens (tertiary/aromatic N) is 1. The van der Waals surface area contributed by atoms with Gasteiger partial charge in [-0.1, -0.05) is 18.2 Å². The molecule has 0 aliphatic heterocycles. The fraction of sp³-hybridized carbons (Fsp3) is 0.286. The highest BCUT2D eigenvalue weighted by molar-refractivity contribution is 5.78. The van der Waals surface area contributed by atoms with Crippen molar-refractivity contribution in [3.8, 4) is 11.5 Å². The van der Waals surface area contributed by atoms with Crippen molar-refractivity contribution in [3.63, 3.8) is 0 Å². The molecule has 0 saturated heterocycles. The number of aliphatic hydroxyl groups is 1. The zero-order valence-corrected chi connectivity index (χ0v) is 10.5. The van der Waals surface area contributed by atoms with Gasteiger partial charge in [0.05, 0.1) is 12.1 Å². The first-order valence-electron chi connectivity index (χ1n) is 6.17. The van der Waals surface area contributed by atoms with E-state index in [1.54, 1.807) is 0 Å². The molecule has 1 heterocycles. The molecule has 0 atom stereocenters. The van der Waals surface area contributed by atoms with Crippen LogP contribution >= 0.6 is 0 Å². The van der Waals surface area contributed by atoms with Gasteiger partial charge in [-0.25, -0.2) is 4.98 Å². The van der Waals surface area contributed by atoms with Crippen LogP contribution in [0.5, 0.6) is 0 Å². The van der Waals surface area contributed by atoms with Gasteiger partial charge in [0, 0.05) is 18.7 Å². The number of nitrogens with one attached hydrogen (secondary N) is 1. The Kier molecular flexibility index (Phi) is 4.69. The van der Waals surface area contributed by atoms with Gasteiger partial charge >= 0.3 is 0 Å². The van der Waals surface area contributed by atoms with Crippen molar-refractivity contribution in [2.24, 2.45) is 0 Å². The van der Waals surface area contributed by atoms with Gasteiger partial charge in [-0.3, -0.25) is 4.79 Å². The SMILES string of the molecule is O=C(Cc1coc(-c2ccccc2)n1)NCCCO. The Hall–Kier alpha value is -2.14. The molecule has 0 aliphatic rings. The Morgan fingerprint density at radius 1 is 1.32 bits per heavy atom. The van der Waals surface area contributed by atoms with Crippen molar-refractivity contribution >= 4 is 5.91 Å². The van der Waals surface area contributed by atoms with Crippen LogP contribution in [-0.4, -0.2) is 29.1 Å². The molecule has 0 bridgehead atoms. The Morgan fingerprint density at radius 3 is 2.84 bits per heavy atom. The topological polar surface area (TPSA) is 75.4 Å². The van der Waals surface area contributed by atoms with E-state index < -0.39 is 0 Å². The van der Waals surface area contributed by atoms with E-state index in [1.807, 2.05) is 30.3 Å². The Morgan fingerprint density at radius 2 is 2.11 bits per heavy atom. The first-order chi connectivity index (χ1) is 9.29. The van der Waals surface area contributed by atoms with Gasteiger partial charge in [-0.15, -0.1) is 0 Å². The van der Waals surface area contributed by atoms with E-state index in [1.165, 1.54) is 6.26 Å². The number of hydrogen-bond donors (Lipinski definition) is 2. The molecule has 1 aromatic heterocycles. The minimum atomic E-state index is -0.124. The minimum absolute atomic E-state index is 0.0718. The predicted octanol–water partition coefficient (Wildman–Crippen LogP) is 1.38. The van der Waals surface area contributed by atoms with Crippen LogP contribution in [0.3, 0.4) is 0 Å². The maximum absolute atomic E-state index is 11.6. The molecule has 2 aromatic rings. The summed E-state index contributed by atoms with van der Waals surface area (Å²) >= 11 is 0. The van der Waals surface area contributed by atoms with Crippen molar-refractivity contribution in [2.45, 2.75) is 12.8 Å². The van der Waals surface area contributed by atoms with E-state index >= 15 is 0 Å². The molecule has 0 aliphatic carbocycles. The lowest BCUT2D eigenvalue weighted by molar-refractivity contribution is -0.120. The molecule has 100 valence electrons. The number of aromatic nitrogens is 1. The molecule has 0 saturated carbocycles. The lowest BCUT2D eigenvalue weighted by Gasteiger charge is -2.01. The molecule has 0 fully saturated rings. The van der Waals surface area contributed by atoms with Crippen LogP contribution < -0.4 is 5.32 Å². The lowest BCUT2D eigenvalue weighted by atomic mass is 10.2. The highest BCUT2D eigenvalue weighted by atomic mass is 16.3. The number of amides is 1. The third-order valence-corrected chi connectivity index (χ3v) is 2.57. The number of hydrogen-bond acceptors (Lipinski definition) is 4. The summed E-state index contributed by atoms with van der Waals surface area (Å²) in [6.07, 6.45) is 2.23. The summed E-state index contributed by atoms with van der Waals surface area (Å²) in [5, 5.41) is 11.3. The van der Waals surface area contributed by atoms with Crippen LogP contribution in [-0.2, 0) is 11.2 Å². The molecule has 19 heavy (non-hydrogen) atoms. The second-order valence-corrected chi connectivity index (χ2v) is 4.11. The van der Waals surface area contributed by atoms with E-state index in [0.29, 0.717) is 24.6 Å². The second kappa shape index (κ2) is 6.70. The van der Waals surface area contributed by atoms with E-state index in [-0.39, 0.29) is 18.9 Å². The fourth-order valence-corrected chi connectivity index (χ4v) is 1.64. The second-order valence-electron chi connectivity index (χ2n) is 4.11. The summed E-state index contributed by atoms with van der Waals surface area (Å²) in [7, 11) is 0. The Labute approximate surface area is 111 Å². The Balaban J connectivity index is 1.93. The van der Waals surface area contributed by atoms with Crippen molar-refractivity contribution in [1.29, 1.82) is 0 Å². The van der Waals surface area contributed by atoms with Crippen LogP contribution in [0.25, 0.3) is 11.5 Å². The molecule has 2 N–H and O–H groups in total. The third kappa shape index (κ3) is 3.93. The van der Waals surface area contributed by atoms with Crippen LogP contribution in [0, 0.1) is 0 Å². The maximum Gasteiger partial charge on any atom is 0.226 e. The smallest absolute Gasteiger partial charge is 0.226 e. The number of benzene rings is 1. The first-order valence-corrected chi connectivity index (χ1v) is 6.17. The van der Waals surface area contributed by atoms with Gasteiger partial charge in [0.25, 0.3) is 0 Å². The molecule has 1 aromatic carbocycles. The molecule has 0 spiro atoms. The summed E-state index contributed by atoms with van der Waals surface area (Å²) in [5.74, 6) is 0.389. The first kappa shape index (κ1) is 13.3.